The minimum absolute atomic E-state index is 0.0238. The molecular weight excluding hydrogens is 264 g/mol. The van der Waals surface area contributed by atoms with Gasteiger partial charge in [-0.1, -0.05) is 30.3 Å². The summed E-state index contributed by atoms with van der Waals surface area (Å²) in [6.07, 6.45) is 0.884. The highest BCUT2D eigenvalue weighted by Crippen LogP contribution is 2.47. The predicted molar refractivity (Wildman–Crippen MR) is 80.9 cm³/mol. The molecule has 1 saturated carbocycles. The molecule has 4 nitrogen and oxygen atoms in total. The molecule has 0 aromatic heterocycles. The van der Waals surface area contributed by atoms with Crippen molar-refractivity contribution in [2.75, 3.05) is 5.32 Å². The largest absolute Gasteiger partial charge is 0.366 e. The standard InChI is InChI=1S/C17H16N2O2/c18-16(20)12-6-8-13(9-7-12)19-17(21)15-10-14(15)11-4-2-1-3-5-11/h1-9,14-15H,10H2,(H2,18,20)(H,19,21). The number of hydrogen-bond acceptors (Lipinski definition) is 2. The quantitative estimate of drug-likeness (QED) is 0.903. The maximum absolute atomic E-state index is 12.2. The molecule has 0 saturated heterocycles. The number of carbonyl (C=O) groups is 2. The Bertz CT molecular complexity index is 665. The van der Waals surface area contributed by atoms with Crippen molar-refractivity contribution in [3.8, 4) is 0 Å². The second-order valence-electron chi connectivity index (χ2n) is 5.29. The van der Waals surface area contributed by atoms with Gasteiger partial charge in [0.2, 0.25) is 11.8 Å². The number of amides is 2. The van der Waals surface area contributed by atoms with Crippen LogP contribution in [-0.2, 0) is 4.79 Å². The van der Waals surface area contributed by atoms with Gasteiger partial charge < -0.3 is 11.1 Å². The van der Waals surface area contributed by atoms with E-state index in [2.05, 4.69) is 17.4 Å². The lowest BCUT2D eigenvalue weighted by Gasteiger charge is -2.05. The Kier molecular flexibility index (Phi) is 3.44. The van der Waals surface area contributed by atoms with Crippen LogP contribution in [0.4, 0.5) is 5.69 Å². The maximum atomic E-state index is 12.2. The van der Waals surface area contributed by atoms with Gasteiger partial charge in [-0.05, 0) is 42.2 Å². The van der Waals surface area contributed by atoms with E-state index in [-0.39, 0.29) is 11.8 Å². The number of primary amides is 1. The van der Waals surface area contributed by atoms with Crippen LogP contribution in [0.3, 0.4) is 0 Å². The lowest BCUT2D eigenvalue weighted by atomic mass is 10.1. The summed E-state index contributed by atoms with van der Waals surface area (Å²) in [6, 6.07) is 16.7. The molecule has 2 aromatic rings. The number of carbonyl (C=O) groups excluding carboxylic acids is 2. The molecule has 0 bridgehead atoms. The smallest absolute Gasteiger partial charge is 0.248 e. The first-order chi connectivity index (χ1) is 10.1. The third-order valence-electron chi connectivity index (χ3n) is 3.79. The molecule has 1 fully saturated rings. The molecule has 2 amide bonds. The second kappa shape index (κ2) is 5.40. The van der Waals surface area contributed by atoms with Crippen molar-refractivity contribution in [1.29, 1.82) is 0 Å². The van der Waals surface area contributed by atoms with E-state index < -0.39 is 5.91 Å². The van der Waals surface area contributed by atoms with Crippen LogP contribution in [0.15, 0.2) is 54.6 Å². The Labute approximate surface area is 123 Å². The lowest BCUT2D eigenvalue weighted by molar-refractivity contribution is -0.117. The van der Waals surface area contributed by atoms with Crippen molar-refractivity contribution in [3.63, 3.8) is 0 Å². The van der Waals surface area contributed by atoms with E-state index in [0.717, 1.165) is 6.42 Å². The summed E-state index contributed by atoms with van der Waals surface area (Å²) >= 11 is 0. The Hall–Kier alpha value is -2.62. The van der Waals surface area contributed by atoms with E-state index in [4.69, 9.17) is 5.73 Å². The molecule has 2 atom stereocenters. The van der Waals surface area contributed by atoms with E-state index in [0.29, 0.717) is 17.2 Å². The van der Waals surface area contributed by atoms with Crippen molar-refractivity contribution in [2.24, 2.45) is 11.7 Å². The number of nitrogens with one attached hydrogen (secondary N) is 1. The predicted octanol–water partition coefficient (Wildman–Crippen LogP) is 2.53. The Morgan fingerprint density at radius 2 is 1.67 bits per heavy atom. The van der Waals surface area contributed by atoms with Gasteiger partial charge in [-0.25, -0.2) is 0 Å². The number of nitrogens with two attached hydrogens (primary N) is 1. The lowest BCUT2D eigenvalue weighted by Crippen LogP contribution is -2.15. The van der Waals surface area contributed by atoms with Crippen molar-refractivity contribution in [2.45, 2.75) is 12.3 Å². The van der Waals surface area contributed by atoms with Crippen molar-refractivity contribution in [3.05, 3.63) is 65.7 Å². The summed E-state index contributed by atoms with van der Waals surface area (Å²) in [6.45, 7) is 0. The molecule has 4 heteroatoms. The van der Waals surface area contributed by atoms with E-state index in [1.807, 2.05) is 18.2 Å². The fourth-order valence-corrected chi connectivity index (χ4v) is 2.51. The molecule has 106 valence electrons. The first-order valence-corrected chi connectivity index (χ1v) is 6.91. The number of anilines is 1. The van der Waals surface area contributed by atoms with E-state index in [9.17, 15) is 9.59 Å². The highest BCUT2D eigenvalue weighted by Gasteiger charge is 2.43. The molecule has 21 heavy (non-hydrogen) atoms. The summed E-state index contributed by atoms with van der Waals surface area (Å²) < 4.78 is 0. The van der Waals surface area contributed by atoms with Gasteiger partial charge in [0.25, 0.3) is 0 Å². The monoisotopic (exact) mass is 280 g/mol. The fraction of sp³-hybridized carbons (Fsp3) is 0.176. The molecule has 0 aliphatic heterocycles. The molecule has 2 aromatic carbocycles. The summed E-state index contributed by atoms with van der Waals surface area (Å²) in [5.41, 5.74) is 7.51. The maximum Gasteiger partial charge on any atom is 0.248 e. The zero-order valence-corrected chi connectivity index (χ0v) is 11.5. The van der Waals surface area contributed by atoms with Crippen molar-refractivity contribution >= 4 is 17.5 Å². The van der Waals surface area contributed by atoms with Crippen LogP contribution in [0.1, 0.15) is 28.3 Å². The summed E-state index contributed by atoms with van der Waals surface area (Å²) in [7, 11) is 0. The van der Waals surface area contributed by atoms with Gasteiger partial charge in [0.1, 0.15) is 0 Å². The van der Waals surface area contributed by atoms with Crippen LogP contribution in [0.2, 0.25) is 0 Å². The van der Waals surface area contributed by atoms with Crippen molar-refractivity contribution < 1.29 is 9.59 Å². The van der Waals surface area contributed by atoms with E-state index in [1.54, 1.807) is 24.3 Å². The van der Waals surface area contributed by atoms with Gasteiger partial charge in [0.05, 0.1) is 0 Å². The van der Waals surface area contributed by atoms with E-state index in [1.165, 1.54) is 5.56 Å². The van der Waals surface area contributed by atoms with Gasteiger partial charge in [0, 0.05) is 17.2 Å². The number of rotatable bonds is 4. The zero-order chi connectivity index (χ0) is 14.8. The van der Waals surface area contributed by atoms with Crippen molar-refractivity contribution in [1.82, 2.24) is 0 Å². The summed E-state index contributed by atoms with van der Waals surface area (Å²) in [5.74, 6) is -0.103. The molecule has 0 heterocycles. The number of benzene rings is 2. The molecule has 1 aliphatic rings. The molecule has 1 aliphatic carbocycles. The van der Waals surface area contributed by atoms with E-state index >= 15 is 0 Å². The van der Waals surface area contributed by atoms with Crippen LogP contribution in [0, 0.1) is 5.92 Å². The SMILES string of the molecule is NC(=O)c1ccc(NC(=O)C2CC2c2ccccc2)cc1. The molecule has 2 unspecified atom stereocenters. The molecule has 0 spiro atoms. The summed E-state index contributed by atoms with van der Waals surface area (Å²) in [5, 5.41) is 2.88. The average molecular weight is 280 g/mol. The topological polar surface area (TPSA) is 72.2 Å². The highest BCUT2D eigenvalue weighted by atomic mass is 16.2. The third-order valence-corrected chi connectivity index (χ3v) is 3.79. The molecular formula is C17H16N2O2. The molecule has 3 N–H and O–H groups in total. The number of hydrogen-bond donors (Lipinski definition) is 2. The first-order valence-electron chi connectivity index (χ1n) is 6.91. The van der Waals surface area contributed by atoms with Gasteiger partial charge in [-0.2, -0.15) is 0 Å². The third kappa shape index (κ3) is 2.94. The van der Waals surface area contributed by atoms with Crippen LogP contribution < -0.4 is 11.1 Å². The van der Waals surface area contributed by atoms with Crippen LogP contribution in [-0.4, -0.2) is 11.8 Å². The normalized spacial score (nSPS) is 19.8. The van der Waals surface area contributed by atoms with Gasteiger partial charge in [-0.3, -0.25) is 9.59 Å². The van der Waals surface area contributed by atoms with Crippen LogP contribution in [0.25, 0.3) is 0 Å². The Balaban J connectivity index is 1.62. The van der Waals surface area contributed by atoms with Gasteiger partial charge >= 0.3 is 0 Å². The molecule has 0 radical (unpaired) electrons. The summed E-state index contributed by atoms with van der Waals surface area (Å²) in [4.78, 5) is 23.2. The zero-order valence-electron chi connectivity index (χ0n) is 11.5. The highest BCUT2D eigenvalue weighted by molar-refractivity contribution is 5.96. The fourth-order valence-electron chi connectivity index (χ4n) is 2.51. The van der Waals surface area contributed by atoms with Gasteiger partial charge in [-0.15, -0.1) is 0 Å². The van der Waals surface area contributed by atoms with Crippen LogP contribution >= 0.6 is 0 Å². The minimum Gasteiger partial charge on any atom is -0.366 e. The first kappa shape index (κ1) is 13.4. The Morgan fingerprint density at radius 3 is 2.29 bits per heavy atom. The average Bonchev–Trinajstić information content (AvgIpc) is 3.29. The molecule has 3 rings (SSSR count). The van der Waals surface area contributed by atoms with Crippen LogP contribution in [0.5, 0.6) is 0 Å². The Morgan fingerprint density at radius 1 is 1.00 bits per heavy atom. The minimum atomic E-state index is -0.473. The second-order valence-corrected chi connectivity index (χ2v) is 5.29. The van der Waals surface area contributed by atoms with Gasteiger partial charge in [0.15, 0.2) is 0 Å².